The lowest BCUT2D eigenvalue weighted by Gasteiger charge is -2.11. The second-order valence-electron chi connectivity index (χ2n) is 3.78. The predicted octanol–water partition coefficient (Wildman–Crippen LogP) is 4.23. The molecule has 2 rings (SSSR count). The van der Waals surface area contributed by atoms with Crippen molar-refractivity contribution in [2.24, 2.45) is 0 Å². The Hall–Kier alpha value is -0.960. The van der Waals surface area contributed by atoms with Gasteiger partial charge < -0.3 is 0 Å². The largest absolute Gasteiger partial charge is 0.275 e. The third kappa shape index (κ3) is 3.63. The zero-order valence-corrected chi connectivity index (χ0v) is 13.8. The van der Waals surface area contributed by atoms with Crippen LogP contribution in [0.1, 0.15) is 0 Å². The lowest BCUT2D eigenvalue weighted by atomic mass is 10.4. The van der Waals surface area contributed by atoms with Crippen LogP contribution in [-0.2, 0) is 10.0 Å². The summed E-state index contributed by atoms with van der Waals surface area (Å²) in [5, 5.41) is -0.310. The van der Waals surface area contributed by atoms with Crippen LogP contribution in [0.3, 0.4) is 0 Å². The summed E-state index contributed by atoms with van der Waals surface area (Å²) < 4.78 is 52.9. The van der Waals surface area contributed by atoms with Crippen LogP contribution in [0, 0.1) is 11.9 Å². The maximum absolute atomic E-state index is 13.4. The summed E-state index contributed by atoms with van der Waals surface area (Å²) in [4.78, 5) is 2.46. The highest BCUT2D eigenvalue weighted by molar-refractivity contribution is 9.10. The van der Waals surface area contributed by atoms with E-state index in [-0.39, 0.29) is 10.0 Å². The van der Waals surface area contributed by atoms with Gasteiger partial charge in [-0.2, -0.15) is 13.8 Å². The van der Waals surface area contributed by atoms with Crippen molar-refractivity contribution in [3.8, 4) is 0 Å². The molecule has 0 bridgehead atoms. The molecule has 1 aromatic carbocycles. The average molecular weight is 418 g/mol. The van der Waals surface area contributed by atoms with Gasteiger partial charge in [0.2, 0.25) is 11.9 Å². The molecule has 4 nitrogen and oxygen atoms in total. The number of benzene rings is 1. The van der Waals surface area contributed by atoms with E-state index in [1.807, 2.05) is 4.72 Å². The third-order valence-corrected chi connectivity index (χ3v) is 5.03. The minimum absolute atomic E-state index is 0.155. The lowest BCUT2D eigenvalue weighted by Crippen LogP contribution is -2.15. The molecule has 0 radical (unpaired) electrons. The minimum atomic E-state index is -4.26. The predicted molar refractivity (Wildman–Crippen MR) is 79.1 cm³/mol. The first-order valence-corrected chi connectivity index (χ1v) is 8.23. The lowest BCUT2D eigenvalue weighted by molar-refractivity contribution is 0.515. The fourth-order valence-corrected chi connectivity index (χ4v) is 4.46. The van der Waals surface area contributed by atoms with E-state index in [1.54, 1.807) is 0 Å². The van der Waals surface area contributed by atoms with Crippen molar-refractivity contribution in [1.29, 1.82) is 0 Å². The Morgan fingerprint density at radius 3 is 2.24 bits per heavy atom. The highest BCUT2D eigenvalue weighted by Gasteiger charge is 2.24. The zero-order chi connectivity index (χ0) is 15.8. The molecule has 1 heterocycles. The third-order valence-electron chi connectivity index (χ3n) is 2.29. The first-order chi connectivity index (χ1) is 9.70. The number of anilines is 1. The van der Waals surface area contributed by atoms with Crippen LogP contribution in [0.4, 0.5) is 14.5 Å². The molecule has 0 aliphatic carbocycles. The second kappa shape index (κ2) is 6.04. The van der Waals surface area contributed by atoms with Gasteiger partial charge >= 0.3 is 0 Å². The Morgan fingerprint density at radius 2 is 1.71 bits per heavy atom. The van der Waals surface area contributed by atoms with Crippen molar-refractivity contribution in [2.75, 3.05) is 4.72 Å². The van der Waals surface area contributed by atoms with Gasteiger partial charge in [-0.05, 0) is 24.3 Å². The van der Waals surface area contributed by atoms with E-state index in [2.05, 4.69) is 20.9 Å². The molecule has 0 saturated carbocycles. The van der Waals surface area contributed by atoms with E-state index in [4.69, 9.17) is 23.2 Å². The molecular formula is C11H5BrCl2F2N2O2S. The summed E-state index contributed by atoms with van der Waals surface area (Å²) >= 11 is 14.8. The van der Waals surface area contributed by atoms with E-state index in [0.29, 0.717) is 4.47 Å². The number of nitrogens with one attached hydrogen (secondary N) is 1. The number of pyridine rings is 1. The molecule has 0 aliphatic heterocycles. The Bertz CT molecular complexity index is 795. The van der Waals surface area contributed by atoms with E-state index < -0.39 is 32.5 Å². The number of nitrogens with zero attached hydrogens (tertiary/aromatic N) is 1. The molecule has 0 spiro atoms. The number of rotatable bonds is 3. The molecule has 0 aliphatic rings. The highest BCUT2D eigenvalue weighted by Crippen LogP contribution is 2.34. The Balaban J connectivity index is 2.48. The van der Waals surface area contributed by atoms with Gasteiger partial charge in [0.15, 0.2) is 0 Å². The van der Waals surface area contributed by atoms with E-state index in [1.165, 1.54) is 12.1 Å². The summed E-state index contributed by atoms with van der Waals surface area (Å²) in [6.45, 7) is 0. The van der Waals surface area contributed by atoms with Gasteiger partial charge in [0.25, 0.3) is 10.0 Å². The summed E-state index contributed by atoms with van der Waals surface area (Å²) in [7, 11) is -4.26. The van der Waals surface area contributed by atoms with Crippen LogP contribution < -0.4 is 4.72 Å². The normalized spacial score (nSPS) is 11.5. The van der Waals surface area contributed by atoms with E-state index in [9.17, 15) is 17.2 Å². The molecule has 0 unspecified atom stereocenters. The molecule has 0 amide bonds. The molecule has 0 fully saturated rings. The van der Waals surface area contributed by atoms with Gasteiger partial charge in [0, 0.05) is 4.47 Å². The van der Waals surface area contributed by atoms with Crippen LogP contribution in [-0.4, -0.2) is 13.4 Å². The van der Waals surface area contributed by atoms with Gasteiger partial charge in [-0.25, -0.2) is 8.42 Å². The van der Waals surface area contributed by atoms with Crippen LogP contribution >= 0.6 is 39.1 Å². The van der Waals surface area contributed by atoms with E-state index in [0.717, 1.165) is 12.1 Å². The monoisotopic (exact) mass is 416 g/mol. The van der Waals surface area contributed by atoms with Crippen molar-refractivity contribution in [3.05, 3.63) is 50.7 Å². The Labute approximate surface area is 137 Å². The maximum atomic E-state index is 13.4. The SMILES string of the molecule is O=S(=O)(Nc1ccc(F)nc1F)c1c(Cl)cc(Br)cc1Cl. The summed E-state index contributed by atoms with van der Waals surface area (Å²) in [5.74, 6) is -2.38. The summed E-state index contributed by atoms with van der Waals surface area (Å²) in [5.41, 5.74) is -0.522. The van der Waals surface area contributed by atoms with Gasteiger partial charge in [-0.3, -0.25) is 4.72 Å². The zero-order valence-electron chi connectivity index (χ0n) is 9.87. The molecule has 2 aromatic rings. The fraction of sp³-hybridized carbons (Fsp3) is 0. The molecule has 0 atom stereocenters. The molecule has 1 aromatic heterocycles. The molecule has 1 N–H and O–H groups in total. The van der Waals surface area contributed by atoms with Crippen molar-refractivity contribution < 1.29 is 17.2 Å². The van der Waals surface area contributed by atoms with Crippen LogP contribution in [0.2, 0.25) is 10.0 Å². The number of aromatic nitrogens is 1. The Kier molecular flexibility index (Phi) is 4.72. The van der Waals surface area contributed by atoms with Crippen LogP contribution in [0.5, 0.6) is 0 Å². The first-order valence-electron chi connectivity index (χ1n) is 5.20. The van der Waals surface area contributed by atoms with Crippen molar-refractivity contribution >= 4 is 54.8 Å². The van der Waals surface area contributed by atoms with Crippen LogP contribution in [0.25, 0.3) is 0 Å². The molecule has 21 heavy (non-hydrogen) atoms. The smallest absolute Gasteiger partial charge is 0.265 e. The number of hydrogen-bond acceptors (Lipinski definition) is 3. The van der Waals surface area contributed by atoms with Crippen LogP contribution in [0.15, 0.2) is 33.6 Å². The van der Waals surface area contributed by atoms with Gasteiger partial charge in [0.1, 0.15) is 10.6 Å². The average Bonchev–Trinajstić information content (AvgIpc) is 2.30. The van der Waals surface area contributed by atoms with Crippen molar-refractivity contribution in [2.45, 2.75) is 4.90 Å². The molecular weight excluding hydrogens is 413 g/mol. The second-order valence-corrected chi connectivity index (χ2v) is 7.13. The van der Waals surface area contributed by atoms with Gasteiger partial charge in [0.05, 0.1) is 10.0 Å². The maximum Gasteiger partial charge on any atom is 0.265 e. The number of hydrogen-bond donors (Lipinski definition) is 1. The van der Waals surface area contributed by atoms with E-state index >= 15 is 0 Å². The molecule has 10 heteroatoms. The number of sulfonamides is 1. The van der Waals surface area contributed by atoms with Gasteiger partial charge in [-0.1, -0.05) is 39.1 Å². The van der Waals surface area contributed by atoms with Crippen molar-refractivity contribution in [3.63, 3.8) is 0 Å². The fourth-order valence-electron chi connectivity index (χ4n) is 1.47. The molecule has 112 valence electrons. The number of halogens is 5. The highest BCUT2D eigenvalue weighted by atomic mass is 79.9. The van der Waals surface area contributed by atoms with Gasteiger partial charge in [-0.15, -0.1) is 0 Å². The Morgan fingerprint density at radius 1 is 1.14 bits per heavy atom. The quantitative estimate of drug-likeness (QED) is 0.760. The minimum Gasteiger partial charge on any atom is -0.275 e. The molecule has 0 saturated heterocycles. The summed E-state index contributed by atoms with van der Waals surface area (Å²) in [6.07, 6.45) is 0. The summed E-state index contributed by atoms with van der Waals surface area (Å²) in [6, 6.07) is 4.35. The first kappa shape index (κ1) is 16.4. The van der Waals surface area contributed by atoms with Crippen molar-refractivity contribution in [1.82, 2.24) is 4.98 Å². The topological polar surface area (TPSA) is 59.1 Å². The standard InChI is InChI=1S/C11H5BrCl2F2N2O2S/c12-5-3-6(13)10(7(14)4-5)21(19,20)18-8-1-2-9(15)17-11(8)16/h1-4,18H.